The lowest BCUT2D eigenvalue weighted by Gasteiger charge is -2.47. The highest BCUT2D eigenvalue weighted by Crippen LogP contribution is 2.50. The Labute approximate surface area is 151 Å². The van der Waals surface area contributed by atoms with Gasteiger partial charge in [0.15, 0.2) is 0 Å². The van der Waals surface area contributed by atoms with Crippen molar-refractivity contribution in [2.45, 2.75) is 63.9 Å². The lowest BCUT2D eigenvalue weighted by Crippen LogP contribution is -2.53. The lowest BCUT2D eigenvalue weighted by atomic mass is 9.82. The molecule has 1 spiro atoms. The smallest absolute Gasteiger partial charge is 0.410 e. The minimum atomic E-state index is -0.631. The first kappa shape index (κ1) is 18.0. The van der Waals surface area contributed by atoms with E-state index in [0.717, 1.165) is 10.4 Å². The number of ether oxygens (including phenoxy) is 2. The van der Waals surface area contributed by atoms with E-state index in [0.29, 0.717) is 23.7 Å². The molecule has 0 aliphatic carbocycles. The molecule has 0 bridgehead atoms. The summed E-state index contributed by atoms with van der Waals surface area (Å²) in [6.07, 6.45) is 0.425. The Bertz CT molecular complexity index is 641. The molecule has 7 heteroatoms. The van der Waals surface area contributed by atoms with Crippen LogP contribution in [-0.4, -0.2) is 40.9 Å². The molecule has 3 atom stereocenters. The van der Waals surface area contributed by atoms with Gasteiger partial charge in [0.2, 0.25) is 0 Å². The first-order valence-electron chi connectivity index (χ1n) is 8.23. The second-order valence-corrected chi connectivity index (χ2v) is 9.32. The molecule has 1 fully saturated rings. The fourth-order valence-electron chi connectivity index (χ4n) is 3.51. The predicted octanol–water partition coefficient (Wildman–Crippen LogP) is 4.08. The number of hydrogen-bond acceptors (Lipinski definition) is 5. The number of likely N-dealkylation sites (tertiary alicyclic amines) is 1. The van der Waals surface area contributed by atoms with Crippen LogP contribution in [0.15, 0.2) is 6.07 Å². The van der Waals surface area contributed by atoms with Crippen molar-refractivity contribution in [3.8, 4) is 0 Å². The van der Waals surface area contributed by atoms with Crippen molar-refractivity contribution in [1.29, 1.82) is 0 Å². The maximum absolute atomic E-state index is 12.4. The Morgan fingerprint density at radius 1 is 1.54 bits per heavy atom. The van der Waals surface area contributed by atoms with E-state index in [1.165, 1.54) is 11.3 Å². The second kappa shape index (κ2) is 6.16. The number of hydrogen-bond donors (Lipinski definition) is 1. The number of amides is 1. The average molecular weight is 374 g/mol. The highest BCUT2D eigenvalue weighted by Gasteiger charge is 2.48. The first-order chi connectivity index (χ1) is 11.1. The molecule has 1 saturated heterocycles. The van der Waals surface area contributed by atoms with Gasteiger partial charge in [-0.05, 0) is 40.2 Å². The van der Waals surface area contributed by atoms with E-state index in [2.05, 4.69) is 0 Å². The van der Waals surface area contributed by atoms with Crippen LogP contribution in [0.3, 0.4) is 0 Å². The molecule has 1 amide bonds. The molecule has 3 unspecified atom stereocenters. The van der Waals surface area contributed by atoms with Crippen molar-refractivity contribution >= 4 is 29.0 Å². The molecule has 24 heavy (non-hydrogen) atoms. The fraction of sp³-hybridized carbons (Fsp3) is 0.706. The van der Waals surface area contributed by atoms with Gasteiger partial charge in [0.05, 0.1) is 10.9 Å². The van der Waals surface area contributed by atoms with Crippen molar-refractivity contribution < 1.29 is 19.4 Å². The zero-order valence-corrected chi connectivity index (χ0v) is 16.0. The Balaban J connectivity index is 1.80. The lowest BCUT2D eigenvalue weighted by molar-refractivity contribution is -0.136. The van der Waals surface area contributed by atoms with Crippen molar-refractivity contribution in [1.82, 2.24) is 4.90 Å². The predicted molar refractivity (Wildman–Crippen MR) is 93.6 cm³/mol. The standard InChI is InChI=1S/C17H24ClNO4S/c1-10-8-17(5-6-19(10)15(21)23-16(2,3)4)14-11(7-13(18)24-14)12(20)9-22-17/h7,10,12,20H,5-6,8-9H2,1-4H3. The quantitative estimate of drug-likeness (QED) is 0.744. The van der Waals surface area contributed by atoms with E-state index in [-0.39, 0.29) is 18.7 Å². The SMILES string of the molecule is CC1CC2(CCN1C(=O)OC(C)(C)C)OCC(O)c1cc(Cl)sc12. The van der Waals surface area contributed by atoms with Crippen LogP contribution in [0.5, 0.6) is 0 Å². The van der Waals surface area contributed by atoms with Gasteiger partial charge in [0, 0.05) is 29.4 Å². The normalized spacial score (nSPS) is 30.3. The fourth-order valence-corrected chi connectivity index (χ4v) is 4.98. The maximum Gasteiger partial charge on any atom is 0.410 e. The summed E-state index contributed by atoms with van der Waals surface area (Å²) < 4.78 is 12.2. The van der Waals surface area contributed by atoms with Crippen LogP contribution in [0, 0.1) is 0 Å². The number of rotatable bonds is 0. The van der Waals surface area contributed by atoms with Gasteiger partial charge in [-0.1, -0.05) is 11.6 Å². The Morgan fingerprint density at radius 2 is 2.25 bits per heavy atom. The van der Waals surface area contributed by atoms with E-state index >= 15 is 0 Å². The van der Waals surface area contributed by atoms with Gasteiger partial charge in [-0.3, -0.25) is 0 Å². The molecule has 134 valence electrons. The summed E-state index contributed by atoms with van der Waals surface area (Å²) in [6.45, 7) is 8.43. The molecule has 1 aromatic rings. The van der Waals surface area contributed by atoms with Crippen LogP contribution in [0.2, 0.25) is 4.34 Å². The molecule has 1 N–H and O–H groups in total. The monoisotopic (exact) mass is 373 g/mol. The first-order valence-corrected chi connectivity index (χ1v) is 9.42. The van der Waals surface area contributed by atoms with Gasteiger partial charge in [-0.2, -0.15) is 0 Å². The summed E-state index contributed by atoms with van der Waals surface area (Å²) in [7, 11) is 0. The van der Waals surface area contributed by atoms with Crippen LogP contribution in [-0.2, 0) is 15.1 Å². The van der Waals surface area contributed by atoms with E-state index in [9.17, 15) is 9.90 Å². The Morgan fingerprint density at radius 3 is 2.88 bits per heavy atom. The average Bonchev–Trinajstić information content (AvgIpc) is 2.85. The van der Waals surface area contributed by atoms with E-state index in [1.807, 2.05) is 33.8 Å². The molecule has 2 aliphatic heterocycles. The summed E-state index contributed by atoms with van der Waals surface area (Å²) in [5.74, 6) is 0. The van der Waals surface area contributed by atoms with E-state index in [4.69, 9.17) is 21.1 Å². The summed E-state index contributed by atoms with van der Waals surface area (Å²) >= 11 is 7.64. The largest absolute Gasteiger partial charge is 0.444 e. The third kappa shape index (κ3) is 3.29. The summed E-state index contributed by atoms with van der Waals surface area (Å²) in [5.41, 5.74) is -0.106. The molecule has 0 saturated carbocycles. The molecular weight excluding hydrogens is 350 g/mol. The third-order valence-electron chi connectivity index (χ3n) is 4.56. The van der Waals surface area contributed by atoms with Crippen molar-refractivity contribution in [3.05, 3.63) is 20.8 Å². The number of carbonyl (C=O) groups excluding carboxylic acids is 1. The molecule has 2 aliphatic rings. The van der Waals surface area contributed by atoms with Gasteiger partial charge >= 0.3 is 6.09 Å². The molecular formula is C17H24ClNO4S. The zero-order valence-electron chi connectivity index (χ0n) is 14.5. The summed E-state index contributed by atoms with van der Waals surface area (Å²) in [5, 5.41) is 10.2. The number of aliphatic hydroxyl groups is 1. The number of carbonyl (C=O) groups is 1. The van der Waals surface area contributed by atoms with Gasteiger partial charge in [0.1, 0.15) is 17.3 Å². The minimum Gasteiger partial charge on any atom is -0.444 e. The van der Waals surface area contributed by atoms with E-state index < -0.39 is 17.3 Å². The molecule has 0 radical (unpaired) electrons. The van der Waals surface area contributed by atoms with Crippen molar-refractivity contribution in [3.63, 3.8) is 0 Å². The topological polar surface area (TPSA) is 59.0 Å². The van der Waals surface area contributed by atoms with Gasteiger partial charge in [0.25, 0.3) is 0 Å². The number of nitrogens with zero attached hydrogens (tertiary/aromatic N) is 1. The molecule has 3 rings (SSSR count). The second-order valence-electron chi connectivity index (χ2n) is 7.63. The van der Waals surface area contributed by atoms with Crippen LogP contribution >= 0.6 is 22.9 Å². The number of fused-ring (bicyclic) bond motifs is 2. The molecule has 3 heterocycles. The van der Waals surface area contributed by atoms with Crippen molar-refractivity contribution in [2.24, 2.45) is 0 Å². The van der Waals surface area contributed by atoms with Gasteiger partial charge in [-0.15, -0.1) is 11.3 Å². The highest BCUT2D eigenvalue weighted by atomic mass is 35.5. The van der Waals surface area contributed by atoms with Crippen LogP contribution in [0.1, 0.15) is 57.1 Å². The van der Waals surface area contributed by atoms with Gasteiger partial charge < -0.3 is 19.5 Å². The number of aliphatic hydroxyl groups excluding tert-OH is 1. The number of thiophene rings is 1. The Hall–Kier alpha value is -0.820. The molecule has 5 nitrogen and oxygen atoms in total. The third-order valence-corrected chi connectivity index (χ3v) is 6.03. The minimum absolute atomic E-state index is 0.0161. The maximum atomic E-state index is 12.4. The molecule has 0 aromatic carbocycles. The van der Waals surface area contributed by atoms with Crippen LogP contribution in [0.25, 0.3) is 0 Å². The van der Waals surface area contributed by atoms with Crippen LogP contribution < -0.4 is 0 Å². The zero-order chi connectivity index (χ0) is 17.7. The Kier molecular flexibility index (Phi) is 4.62. The van der Waals surface area contributed by atoms with Gasteiger partial charge in [-0.25, -0.2) is 4.79 Å². The summed E-state index contributed by atoms with van der Waals surface area (Å²) in [4.78, 5) is 15.2. The number of piperidine rings is 1. The van der Waals surface area contributed by atoms with Crippen LogP contribution in [0.4, 0.5) is 4.79 Å². The highest BCUT2D eigenvalue weighted by molar-refractivity contribution is 7.16. The number of halogens is 1. The molecule has 1 aromatic heterocycles. The van der Waals surface area contributed by atoms with Crippen molar-refractivity contribution in [2.75, 3.05) is 13.2 Å². The van der Waals surface area contributed by atoms with E-state index in [1.54, 1.807) is 4.90 Å². The summed E-state index contributed by atoms with van der Waals surface area (Å²) in [6, 6.07) is 1.82.